The Bertz CT molecular complexity index is 469. The summed E-state index contributed by atoms with van der Waals surface area (Å²) in [6, 6.07) is 4.59. The van der Waals surface area contributed by atoms with Gasteiger partial charge in [-0.05, 0) is 32.3 Å². The Morgan fingerprint density at radius 3 is 2.84 bits per heavy atom. The van der Waals surface area contributed by atoms with Crippen molar-refractivity contribution in [3.63, 3.8) is 0 Å². The van der Waals surface area contributed by atoms with Crippen molar-refractivity contribution in [2.75, 3.05) is 0 Å². The molecule has 1 aromatic carbocycles. The Hall–Kier alpha value is -1.59. The highest BCUT2D eigenvalue weighted by Crippen LogP contribution is 2.35. The molecule has 1 aliphatic heterocycles. The molecule has 0 radical (unpaired) electrons. The van der Waals surface area contributed by atoms with Gasteiger partial charge in [0.15, 0.2) is 0 Å². The summed E-state index contributed by atoms with van der Waals surface area (Å²) in [5.74, 6) is -0.788. The zero-order valence-electron chi connectivity index (χ0n) is 10.7. The molecular formula is C14H18O5. The average molecular weight is 266 g/mol. The fourth-order valence-electron chi connectivity index (χ4n) is 2.32. The first-order valence-corrected chi connectivity index (χ1v) is 6.39. The summed E-state index contributed by atoms with van der Waals surface area (Å²) in [6.07, 6.45) is -0.247. The van der Waals surface area contributed by atoms with Gasteiger partial charge in [0.1, 0.15) is 23.5 Å². The summed E-state index contributed by atoms with van der Waals surface area (Å²) in [4.78, 5) is 11.8. The fourth-order valence-corrected chi connectivity index (χ4v) is 2.32. The smallest absolute Gasteiger partial charge is 0.342 e. The maximum absolute atomic E-state index is 11.8. The van der Waals surface area contributed by atoms with Crippen LogP contribution in [0.1, 0.15) is 48.2 Å². The molecule has 19 heavy (non-hydrogen) atoms. The number of ether oxygens (including phenoxy) is 1. The second-order valence-corrected chi connectivity index (χ2v) is 4.91. The summed E-state index contributed by atoms with van der Waals surface area (Å²) in [6.45, 7) is 1.69. The van der Waals surface area contributed by atoms with Gasteiger partial charge in [0.2, 0.25) is 0 Å². The van der Waals surface area contributed by atoms with E-state index in [9.17, 15) is 20.1 Å². The van der Waals surface area contributed by atoms with Gasteiger partial charge in [-0.3, -0.25) is 0 Å². The number of benzene rings is 1. The van der Waals surface area contributed by atoms with E-state index in [0.29, 0.717) is 24.8 Å². The normalized spacial score (nSPS) is 23.6. The zero-order valence-corrected chi connectivity index (χ0v) is 10.7. The lowest BCUT2D eigenvalue weighted by molar-refractivity contribution is -0.0341. The molecule has 0 spiro atoms. The number of cyclic esters (lactones) is 1. The molecule has 3 N–H and O–H groups in total. The van der Waals surface area contributed by atoms with Gasteiger partial charge in [0.05, 0.1) is 6.10 Å². The van der Waals surface area contributed by atoms with Crippen LogP contribution in [0.5, 0.6) is 5.75 Å². The van der Waals surface area contributed by atoms with Crippen LogP contribution in [0.25, 0.3) is 0 Å². The lowest BCUT2D eigenvalue weighted by Gasteiger charge is -2.30. The van der Waals surface area contributed by atoms with Crippen LogP contribution in [0, 0.1) is 0 Å². The van der Waals surface area contributed by atoms with Gasteiger partial charge in [-0.25, -0.2) is 4.79 Å². The van der Waals surface area contributed by atoms with Crippen LogP contribution in [0.2, 0.25) is 0 Å². The number of aromatic hydroxyl groups is 1. The molecule has 0 fully saturated rings. The number of esters is 1. The predicted octanol–water partition coefficient (Wildman–Crippen LogP) is 1.52. The van der Waals surface area contributed by atoms with Gasteiger partial charge in [-0.2, -0.15) is 0 Å². The Labute approximate surface area is 111 Å². The van der Waals surface area contributed by atoms with Crippen LogP contribution in [0.15, 0.2) is 18.2 Å². The minimum absolute atomic E-state index is 0.0433. The molecule has 1 heterocycles. The monoisotopic (exact) mass is 266 g/mol. The lowest BCUT2D eigenvalue weighted by atomic mass is 9.92. The van der Waals surface area contributed by atoms with Gasteiger partial charge in [-0.1, -0.05) is 12.1 Å². The van der Waals surface area contributed by atoms with E-state index in [1.165, 1.54) is 6.07 Å². The first-order valence-electron chi connectivity index (χ1n) is 6.39. The molecule has 0 saturated heterocycles. The van der Waals surface area contributed by atoms with Crippen molar-refractivity contribution >= 4 is 5.97 Å². The Balaban J connectivity index is 2.13. The van der Waals surface area contributed by atoms with Gasteiger partial charge < -0.3 is 20.1 Å². The van der Waals surface area contributed by atoms with E-state index in [4.69, 9.17) is 4.74 Å². The molecule has 0 bridgehead atoms. The van der Waals surface area contributed by atoms with Crippen LogP contribution in [0.3, 0.4) is 0 Å². The van der Waals surface area contributed by atoms with Crippen molar-refractivity contribution in [1.29, 1.82) is 0 Å². The molecule has 0 unspecified atom stereocenters. The third kappa shape index (κ3) is 2.88. The number of fused-ring (bicyclic) bond motifs is 1. The summed E-state index contributed by atoms with van der Waals surface area (Å²) < 4.78 is 5.16. The fraction of sp³-hybridized carbons (Fsp3) is 0.500. The molecule has 1 aromatic rings. The largest absolute Gasteiger partial charge is 0.507 e. The second kappa shape index (κ2) is 5.59. The number of phenols is 1. The van der Waals surface area contributed by atoms with Crippen molar-refractivity contribution in [2.24, 2.45) is 0 Å². The topological polar surface area (TPSA) is 87.0 Å². The lowest BCUT2D eigenvalue weighted by Crippen LogP contribution is -2.32. The molecule has 5 heteroatoms. The minimum atomic E-state index is -0.936. The van der Waals surface area contributed by atoms with Crippen molar-refractivity contribution in [1.82, 2.24) is 0 Å². The summed E-state index contributed by atoms with van der Waals surface area (Å²) in [7, 11) is 0. The number of hydrogen-bond acceptors (Lipinski definition) is 5. The Morgan fingerprint density at radius 1 is 1.42 bits per heavy atom. The Morgan fingerprint density at radius 2 is 2.16 bits per heavy atom. The Kier molecular flexibility index (Phi) is 4.07. The van der Waals surface area contributed by atoms with Crippen molar-refractivity contribution in [3.05, 3.63) is 29.3 Å². The maximum atomic E-state index is 11.8. The van der Waals surface area contributed by atoms with Gasteiger partial charge in [0, 0.05) is 5.56 Å². The highest BCUT2D eigenvalue weighted by molar-refractivity contribution is 5.95. The molecule has 104 valence electrons. The van der Waals surface area contributed by atoms with Crippen LogP contribution >= 0.6 is 0 Å². The van der Waals surface area contributed by atoms with E-state index in [1.54, 1.807) is 19.1 Å². The summed E-state index contributed by atoms with van der Waals surface area (Å²) in [5, 5.41) is 29.0. The molecule has 0 aliphatic carbocycles. The van der Waals surface area contributed by atoms with E-state index in [2.05, 4.69) is 0 Å². The summed E-state index contributed by atoms with van der Waals surface area (Å²) in [5.41, 5.74) is 0.445. The maximum Gasteiger partial charge on any atom is 0.342 e. The first kappa shape index (κ1) is 13.8. The van der Waals surface area contributed by atoms with E-state index < -0.39 is 24.3 Å². The third-order valence-electron chi connectivity index (χ3n) is 3.32. The van der Waals surface area contributed by atoms with E-state index in [1.807, 2.05) is 0 Å². The number of rotatable bonds is 4. The van der Waals surface area contributed by atoms with Crippen LogP contribution in [0.4, 0.5) is 0 Å². The van der Waals surface area contributed by atoms with Crippen LogP contribution in [-0.2, 0) is 4.74 Å². The quantitative estimate of drug-likeness (QED) is 0.719. The molecular weight excluding hydrogens is 248 g/mol. The van der Waals surface area contributed by atoms with Gasteiger partial charge >= 0.3 is 5.97 Å². The number of hydrogen-bond donors (Lipinski definition) is 3. The summed E-state index contributed by atoms with van der Waals surface area (Å²) >= 11 is 0. The molecule has 0 amide bonds. The van der Waals surface area contributed by atoms with E-state index >= 15 is 0 Å². The van der Waals surface area contributed by atoms with Crippen molar-refractivity contribution < 1.29 is 24.9 Å². The average Bonchev–Trinajstić information content (AvgIpc) is 2.34. The zero-order chi connectivity index (χ0) is 14.0. The number of aliphatic hydroxyl groups excluding tert-OH is 2. The van der Waals surface area contributed by atoms with Gasteiger partial charge in [-0.15, -0.1) is 0 Å². The molecule has 0 saturated carbocycles. The van der Waals surface area contributed by atoms with Crippen molar-refractivity contribution in [3.8, 4) is 5.75 Å². The standard InChI is InChI=1S/C14H18O5/c1-8(15)4-2-7-11-13(17)9-5-3-6-10(16)12(9)14(18)19-11/h3,5-6,8,11,13,15-17H,2,4,7H2,1H3/t8-,11-,13+/m1/s1. The van der Waals surface area contributed by atoms with Crippen LogP contribution in [-0.4, -0.2) is 33.5 Å². The second-order valence-electron chi connectivity index (χ2n) is 4.91. The molecule has 3 atom stereocenters. The van der Waals surface area contributed by atoms with Gasteiger partial charge in [0.25, 0.3) is 0 Å². The van der Waals surface area contributed by atoms with Crippen LogP contribution < -0.4 is 0 Å². The SMILES string of the molecule is C[C@@H](O)CCC[C@H]1OC(=O)c2c(O)cccc2[C@@H]1O. The number of aliphatic hydroxyl groups is 2. The predicted molar refractivity (Wildman–Crippen MR) is 67.8 cm³/mol. The molecule has 2 rings (SSSR count). The number of carbonyl (C=O) groups excluding carboxylic acids is 1. The highest BCUT2D eigenvalue weighted by atomic mass is 16.6. The van der Waals surface area contributed by atoms with E-state index in [-0.39, 0.29) is 11.3 Å². The first-order chi connectivity index (χ1) is 9.00. The third-order valence-corrected chi connectivity index (χ3v) is 3.32. The number of phenolic OH excluding ortho intramolecular Hbond substituents is 1. The molecule has 0 aromatic heterocycles. The van der Waals surface area contributed by atoms with E-state index in [0.717, 1.165) is 0 Å². The minimum Gasteiger partial charge on any atom is -0.507 e. The number of carbonyl (C=O) groups is 1. The molecule has 5 nitrogen and oxygen atoms in total. The highest BCUT2D eigenvalue weighted by Gasteiger charge is 2.35. The molecule has 1 aliphatic rings. The van der Waals surface area contributed by atoms with Crippen molar-refractivity contribution in [2.45, 2.75) is 44.5 Å².